The van der Waals surface area contributed by atoms with Crippen molar-refractivity contribution in [2.45, 2.75) is 45.1 Å². The molecular weight excluding hydrogens is 238 g/mol. The van der Waals surface area contributed by atoms with Crippen LogP contribution in [0, 0.1) is 0 Å². The molecular formula is C16H23NO2. The summed E-state index contributed by atoms with van der Waals surface area (Å²) in [5.41, 5.74) is 2.05. The van der Waals surface area contributed by atoms with E-state index in [1.807, 2.05) is 12.1 Å². The van der Waals surface area contributed by atoms with E-state index in [-0.39, 0.29) is 11.9 Å². The summed E-state index contributed by atoms with van der Waals surface area (Å²) in [5.74, 6) is 0.579. The third-order valence-electron chi connectivity index (χ3n) is 3.91. The summed E-state index contributed by atoms with van der Waals surface area (Å²) in [7, 11) is 0. The average Bonchev–Trinajstić information content (AvgIpc) is 2.47. The van der Waals surface area contributed by atoms with Crippen LogP contribution in [0.1, 0.15) is 54.9 Å². The zero-order valence-electron chi connectivity index (χ0n) is 11.8. The average molecular weight is 261 g/mol. The lowest BCUT2D eigenvalue weighted by atomic mass is 9.97. The van der Waals surface area contributed by atoms with Crippen LogP contribution in [0.2, 0.25) is 0 Å². The fourth-order valence-corrected chi connectivity index (χ4v) is 2.31. The topological polar surface area (TPSA) is 38.3 Å². The number of rotatable bonds is 4. The van der Waals surface area contributed by atoms with Crippen LogP contribution in [-0.2, 0) is 4.74 Å². The maximum absolute atomic E-state index is 12.1. The second-order valence-corrected chi connectivity index (χ2v) is 5.29. The second kappa shape index (κ2) is 6.71. The largest absolute Gasteiger partial charge is 0.381 e. The molecule has 0 radical (unpaired) electrons. The summed E-state index contributed by atoms with van der Waals surface area (Å²) in [6, 6.07) is 8.24. The van der Waals surface area contributed by atoms with Crippen molar-refractivity contribution in [1.82, 2.24) is 5.32 Å². The molecule has 1 fully saturated rings. The molecule has 1 aliphatic heterocycles. The van der Waals surface area contributed by atoms with Gasteiger partial charge in [-0.1, -0.05) is 26.0 Å². The van der Waals surface area contributed by atoms with E-state index in [9.17, 15) is 4.79 Å². The highest BCUT2D eigenvalue weighted by atomic mass is 16.5. The Balaban J connectivity index is 1.95. The molecule has 1 aliphatic rings. The minimum atomic E-state index is 0.0302. The van der Waals surface area contributed by atoms with Crippen LogP contribution in [0.3, 0.4) is 0 Å². The maximum Gasteiger partial charge on any atom is 0.251 e. The molecule has 1 aromatic carbocycles. The highest BCUT2D eigenvalue weighted by molar-refractivity contribution is 5.94. The smallest absolute Gasteiger partial charge is 0.251 e. The number of nitrogens with one attached hydrogen (secondary N) is 1. The van der Waals surface area contributed by atoms with Crippen molar-refractivity contribution in [2.75, 3.05) is 13.2 Å². The Morgan fingerprint density at radius 2 is 1.95 bits per heavy atom. The van der Waals surface area contributed by atoms with Gasteiger partial charge in [-0.05, 0) is 42.9 Å². The number of hydrogen-bond acceptors (Lipinski definition) is 2. The molecule has 0 aromatic heterocycles. The lowest BCUT2D eigenvalue weighted by Gasteiger charge is -2.23. The van der Waals surface area contributed by atoms with Gasteiger partial charge in [-0.25, -0.2) is 0 Å². The molecule has 1 heterocycles. The van der Waals surface area contributed by atoms with Gasteiger partial charge in [0.1, 0.15) is 0 Å². The Morgan fingerprint density at radius 1 is 1.32 bits per heavy atom. The molecule has 1 unspecified atom stereocenters. The quantitative estimate of drug-likeness (QED) is 0.904. The molecule has 0 spiro atoms. The third-order valence-corrected chi connectivity index (χ3v) is 3.91. The van der Waals surface area contributed by atoms with Gasteiger partial charge in [0.2, 0.25) is 0 Å². The van der Waals surface area contributed by atoms with Gasteiger partial charge in [-0.2, -0.15) is 0 Å². The number of amides is 1. The minimum Gasteiger partial charge on any atom is -0.381 e. The molecule has 0 aliphatic carbocycles. The molecule has 1 aromatic rings. The van der Waals surface area contributed by atoms with Crippen molar-refractivity contribution in [3.8, 4) is 0 Å². The first-order valence-corrected chi connectivity index (χ1v) is 7.19. The van der Waals surface area contributed by atoms with Crippen LogP contribution in [0.15, 0.2) is 24.3 Å². The van der Waals surface area contributed by atoms with Crippen molar-refractivity contribution >= 4 is 5.91 Å². The first-order valence-electron chi connectivity index (χ1n) is 7.19. The van der Waals surface area contributed by atoms with E-state index >= 15 is 0 Å². The third kappa shape index (κ3) is 3.80. The molecule has 19 heavy (non-hydrogen) atoms. The van der Waals surface area contributed by atoms with Crippen LogP contribution in [0.25, 0.3) is 0 Å². The monoisotopic (exact) mass is 261 g/mol. The van der Waals surface area contributed by atoms with Crippen molar-refractivity contribution in [3.63, 3.8) is 0 Å². The van der Waals surface area contributed by atoms with E-state index in [1.54, 1.807) is 0 Å². The molecule has 0 bridgehead atoms. The molecule has 104 valence electrons. The van der Waals surface area contributed by atoms with Crippen LogP contribution in [-0.4, -0.2) is 25.2 Å². The molecule has 1 atom stereocenters. The lowest BCUT2D eigenvalue weighted by Crippen LogP contribution is -2.38. The molecule has 3 heteroatoms. The second-order valence-electron chi connectivity index (χ2n) is 5.29. The van der Waals surface area contributed by atoms with Crippen LogP contribution < -0.4 is 5.32 Å². The van der Waals surface area contributed by atoms with E-state index < -0.39 is 0 Å². The Labute approximate surface area is 115 Å². The van der Waals surface area contributed by atoms with E-state index in [4.69, 9.17) is 4.74 Å². The molecule has 3 nitrogen and oxygen atoms in total. The minimum absolute atomic E-state index is 0.0302. The summed E-state index contributed by atoms with van der Waals surface area (Å²) in [4.78, 5) is 12.1. The van der Waals surface area contributed by atoms with Crippen molar-refractivity contribution in [3.05, 3.63) is 35.4 Å². The fourth-order valence-electron chi connectivity index (χ4n) is 2.31. The predicted molar refractivity (Wildman–Crippen MR) is 76.5 cm³/mol. The Hall–Kier alpha value is -1.35. The van der Waals surface area contributed by atoms with Gasteiger partial charge in [0.05, 0.1) is 0 Å². The summed E-state index contributed by atoms with van der Waals surface area (Å²) in [5, 5.41) is 3.08. The number of benzene rings is 1. The lowest BCUT2D eigenvalue weighted by molar-refractivity contribution is 0.0696. The number of carbonyl (C=O) groups is 1. The first-order chi connectivity index (χ1) is 9.20. The van der Waals surface area contributed by atoms with Gasteiger partial charge >= 0.3 is 0 Å². The Kier molecular flexibility index (Phi) is 4.97. The first kappa shape index (κ1) is 14.1. The van der Waals surface area contributed by atoms with E-state index in [2.05, 4.69) is 31.3 Å². The number of ether oxygens (including phenoxy) is 1. The Bertz CT molecular complexity index is 407. The van der Waals surface area contributed by atoms with Crippen molar-refractivity contribution in [2.24, 2.45) is 0 Å². The summed E-state index contributed by atoms with van der Waals surface area (Å²) in [6.07, 6.45) is 2.95. The predicted octanol–water partition coefficient (Wildman–Crippen LogP) is 3.11. The molecule has 0 saturated carbocycles. The van der Waals surface area contributed by atoms with Gasteiger partial charge in [0.15, 0.2) is 0 Å². The molecule has 1 saturated heterocycles. The van der Waals surface area contributed by atoms with Crippen LogP contribution in [0.5, 0.6) is 0 Å². The molecule has 1 amide bonds. The standard InChI is InChI=1S/C16H23NO2/c1-3-12(2)13-4-6-14(7-5-13)16(18)17-15-8-10-19-11-9-15/h4-7,12,15H,3,8-11H2,1-2H3,(H,17,18). The fraction of sp³-hybridized carbons (Fsp3) is 0.562. The van der Waals surface area contributed by atoms with Gasteiger partial charge < -0.3 is 10.1 Å². The van der Waals surface area contributed by atoms with E-state index in [0.717, 1.165) is 38.0 Å². The summed E-state index contributed by atoms with van der Waals surface area (Å²) < 4.78 is 5.29. The van der Waals surface area contributed by atoms with Gasteiger partial charge in [0.25, 0.3) is 5.91 Å². The zero-order chi connectivity index (χ0) is 13.7. The van der Waals surface area contributed by atoms with Crippen molar-refractivity contribution in [1.29, 1.82) is 0 Å². The normalized spacial score (nSPS) is 18.0. The van der Waals surface area contributed by atoms with Crippen LogP contribution >= 0.6 is 0 Å². The maximum atomic E-state index is 12.1. The number of carbonyl (C=O) groups excluding carboxylic acids is 1. The van der Waals surface area contributed by atoms with Crippen LogP contribution in [0.4, 0.5) is 0 Å². The zero-order valence-corrected chi connectivity index (χ0v) is 11.8. The SMILES string of the molecule is CCC(C)c1ccc(C(=O)NC2CCOCC2)cc1. The van der Waals surface area contributed by atoms with Gasteiger partial charge in [-0.3, -0.25) is 4.79 Å². The van der Waals surface area contributed by atoms with E-state index in [0.29, 0.717) is 5.92 Å². The molecule has 1 N–H and O–H groups in total. The van der Waals surface area contributed by atoms with Gasteiger partial charge in [-0.15, -0.1) is 0 Å². The van der Waals surface area contributed by atoms with Crippen molar-refractivity contribution < 1.29 is 9.53 Å². The Morgan fingerprint density at radius 3 is 2.53 bits per heavy atom. The van der Waals surface area contributed by atoms with E-state index in [1.165, 1.54) is 5.56 Å². The summed E-state index contributed by atoms with van der Waals surface area (Å²) >= 11 is 0. The highest BCUT2D eigenvalue weighted by Crippen LogP contribution is 2.19. The number of hydrogen-bond donors (Lipinski definition) is 1. The highest BCUT2D eigenvalue weighted by Gasteiger charge is 2.17. The molecule has 2 rings (SSSR count). The summed E-state index contributed by atoms with van der Waals surface area (Å²) in [6.45, 7) is 5.88. The van der Waals surface area contributed by atoms with Gasteiger partial charge in [0, 0.05) is 24.8 Å².